The van der Waals surface area contributed by atoms with E-state index in [0.29, 0.717) is 10.8 Å². The van der Waals surface area contributed by atoms with Crippen LogP contribution in [0, 0.1) is 6.92 Å². The van der Waals surface area contributed by atoms with Gasteiger partial charge in [-0.25, -0.2) is 0 Å². The van der Waals surface area contributed by atoms with Crippen LogP contribution in [0.25, 0.3) is 0 Å². The van der Waals surface area contributed by atoms with Gasteiger partial charge in [-0.1, -0.05) is 54.4 Å². The van der Waals surface area contributed by atoms with E-state index in [1.165, 1.54) is 11.1 Å². The maximum Gasteiger partial charge on any atom is 0.137 e. The van der Waals surface area contributed by atoms with Gasteiger partial charge in [0.25, 0.3) is 0 Å². The lowest BCUT2D eigenvalue weighted by Crippen LogP contribution is -2.23. The number of rotatable bonds is 6. The monoisotopic (exact) mass is 303 g/mol. The van der Waals surface area contributed by atoms with Gasteiger partial charge in [-0.15, -0.1) is 0 Å². The summed E-state index contributed by atoms with van der Waals surface area (Å²) in [6, 6.07) is 14.7. The van der Waals surface area contributed by atoms with Crippen LogP contribution >= 0.6 is 11.6 Å². The molecule has 3 heteroatoms. The van der Waals surface area contributed by atoms with Gasteiger partial charge in [0, 0.05) is 0 Å². The van der Waals surface area contributed by atoms with Gasteiger partial charge in [-0.2, -0.15) is 0 Å². The Labute approximate surface area is 132 Å². The number of benzene rings is 2. The fourth-order valence-corrected chi connectivity index (χ4v) is 2.60. The van der Waals surface area contributed by atoms with Crippen molar-refractivity contribution in [2.75, 3.05) is 13.7 Å². The highest BCUT2D eigenvalue weighted by Gasteiger charge is 2.14. The van der Waals surface area contributed by atoms with Crippen LogP contribution in [0.2, 0.25) is 5.02 Å². The summed E-state index contributed by atoms with van der Waals surface area (Å²) in [6.07, 6.45) is 1.09. The Balaban J connectivity index is 2.35. The molecule has 2 nitrogen and oxygen atoms in total. The summed E-state index contributed by atoms with van der Waals surface area (Å²) < 4.78 is 5.23. The Morgan fingerprint density at radius 2 is 1.76 bits per heavy atom. The number of ether oxygens (including phenoxy) is 1. The molecule has 0 aliphatic rings. The van der Waals surface area contributed by atoms with Crippen molar-refractivity contribution in [3.63, 3.8) is 0 Å². The molecule has 0 saturated carbocycles. The van der Waals surface area contributed by atoms with Gasteiger partial charge in [0.05, 0.1) is 18.2 Å². The lowest BCUT2D eigenvalue weighted by Gasteiger charge is -2.20. The fourth-order valence-electron chi connectivity index (χ4n) is 2.34. The van der Waals surface area contributed by atoms with Crippen LogP contribution in [0.5, 0.6) is 5.75 Å². The first-order valence-electron chi connectivity index (χ1n) is 7.29. The molecular formula is C18H22ClNO. The zero-order chi connectivity index (χ0) is 15.2. The standard InChI is InChI=1S/C18H22ClNO/c1-4-11-20-18(14-7-5-13(2)6-8-14)15-9-10-17(21-3)16(19)12-15/h5-10,12,18,20H,4,11H2,1-3H3. The number of aryl methyl sites for hydroxylation is 1. The van der Waals surface area contributed by atoms with E-state index in [-0.39, 0.29) is 6.04 Å². The van der Waals surface area contributed by atoms with Crippen LogP contribution in [0.1, 0.15) is 36.1 Å². The van der Waals surface area contributed by atoms with Gasteiger partial charge in [0.15, 0.2) is 0 Å². The molecular weight excluding hydrogens is 282 g/mol. The molecule has 0 radical (unpaired) electrons. The van der Waals surface area contributed by atoms with E-state index < -0.39 is 0 Å². The van der Waals surface area contributed by atoms with Crippen molar-refractivity contribution in [1.29, 1.82) is 0 Å². The van der Waals surface area contributed by atoms with Gasteiger partial charge < -0.3 is 10.1 Å². The third-order valence-corrected chi connectivity index (χ3v) is 3.81. The third-order valence-electron chi connectivity index (χ3n) is 3.52. The maximum absolute atomic E-state index is 6.27. The average Bonchev–Trinajstić information content (AvgIpc) is 2.49. The van der Waals surface area contributed by atoms with E-state index in [2.05, 4.69) is 49.5 Å². The molecule has 0 aliphatic heterocycles. The number of hydrogen-bond donors (Lipinski definition) is 1. The fraction of sp³-hybridized carbons (Fsp3) is 0.333. The molecule has 0 saturated heterocycles. The average molecular weight is 304 g/mol. The maximum atomic E-state index is 6.27. The molecule has 112 valence electrons. The summed E-state index contributed by atoms with van der Waals surface area (Å²) in [7, 11) is 1.63. The Bertz CT molecular complexity index is 580. The molecule has 2 aromatic carbocycles. The SMILES string of the molecule is CCCNC(c1ccc(C)cc1)c1ccc(OC)c(Cl)c1. The predicted octanol–water partition coefficient (Wildman–Crippen LogP) is 4.75. The zero-order valence-electron chi connectivity index (χ0n) is 12.8. The molecule has 0 spiro atoms. The van der Waals surface area contributed by atoms with Gasteiger partial charge in [0.2, 0.25) is 0 Å². The van der Waals surface area contributed by atoms with Crippen molar-refractivity contribution in [3.05, 3.63) is 64.2 Å². The van der Waals surface area contributed by atoms with Gasteiger partial charge in [-0.3, -0.25) is 0 Å². The molecule has 2 rings (SSSR count). The summed E-state index contributed by atoms with van der Waals surface area (Å²) in [5.41, 5.74) is 3.66. The summed E-state index contributed by atoms with van der Waals surface area (Å²) in [5, 5.41) is 4.23. The highest BCUT2D eigenvalue weighted by Crippen LogP contribution is 2.30. The minimum Gasteiger partial charge on any atom is -0.495 e. The smallest absolute Gasteiger partial charge is 0.137 e. The first kappa shape index (κ1) is 15.9. The largest absolute Gasteiger partial charge is 0.495 e. The van der Waals surface area contributed by atoms with E-state index in [4.69, 9.17) is 16.3 Å². The first-order valence-corrected chi connectivity index (χ1v) is 7.67. The Morgan fingerprint density at radius 1 is 1.10 bits per heavy atom. The number of methoxy groups -OCH3 is 1. The second-order valence-electron chi connectivity index (χ2n) is 5.19. The summed E-state index contributed by atoms with van der Waals surface area (Å²) in [4.78, 5) is 0. The second-order valence-corrected chi connectivity index (χ2v) is 5.60. The summed E-state index contributed by atoms with van der Waals surface area (Å²) >= 11 is 6.27. The van der Waals surface area contributed by atoms with E-state index in [1.807, 2.05) is 12.1 Å². The summed E-state index contributed by atoms with van der Waals surface area (Å²) in [6.45, 7) is 5.23. The molecule has 0 aliphatic carbocycles. The van der Waals surface area contributed by atoms with Crippen molar-refractivity contribution in [1.82, 2.24) is 5.32 Å². The number of hydrogen-bond acceptors (Lipinski definition) is 2. The lowest BCUT2D eigenvalue weighted by molar-refractivity contribution is 0.414. The van der Waals surface area contributed by atoms with Crippen LogP contribution in [-0.4, -0.2) is 13.7 Å². The first-order chi connectivity index (χ1) is 10.2. The normalized spacial score (nSPS) is 12.2. The molecule has 1 unspecified atom stereocenters. The lowest BCUT2D eigenvalue weighted by atomic mass is 9.97. The van der Waals surface area contributed by atoms with E-state index in [1.54, 1.807) is 7.11 Å². The van der Waals surface area contributed by atoms with Crippen LogP contribution in [0.4, 0.5) is 0 Å². The molecule has 0 amide bonds. The van der Waals surface area contributed by atoms with Crippen molar-refractivity contribution in [2.24, 2.45) is 0 Å². The van der Waals surface area contributed by atoms with Crippen LogP contribution in [-0.2, 0) is 0 Å². The van der Waals surface area contributed by atoms with Crippen molar-refractivity contribution >= 4 is 11.6 Å². The summed E-state index contributed by atoms with van der Waals surface area (Å²) in [5.74, 6) is 0.707. The second kappa shape index (κ2) is 7.48. The minimum atomic E-state index is 0.147. The predicted molar refractivity (Wildman–Crippen MR) is 89.3 cm³/mol. The van der Waals surface area contributed by atoms with E-state index in [0.717, 1.165) is 18.5 Å². The van der Waals surface area contributed by atoms with Crippen molar-refractivity contribution in [3.8, 4) is 5.75 Å². The molecule has 1 atom stereocenters. The van der Waals surface area contributed by atoms with E-state index >= 15 is 0 Å². The third kappa shape index (κ3) is 3.99. The minimum absolute atomic E-state index is 0.147. The Hall–Kier alpha value is -1.51. The molecule has 21 heavy (non-hydrogen) atoms. The van der Waals surface area contributed by atoms with Gasteiger partial charge in [0.1, 0.15) is 5.75 Å². The highest BCUT2D eigenvalue weighted by molar-refractivity contribution is 6.32. The topological polar surface area (TPSA) is 21.3 Å². The number of nitrogens with one attached hydrogen (secondary N) is 1. The Morgan fingerprint density at radius 3 is 2.33 bits per heavy atom. The molecule has 1 N–H and O–H groups in total. The van der Waals surface area contributed by atoms with E-state index in [9.17, 15) is 0 Å². The molecule has 0 heterocycles. The molecule has 2 aromatic rings. The number of halogens is 1. The van der Waals surface area contributed by atoms with Crippen molar-refractivity contribution < 1.29 is 4.74 Å². The quantitative estimate of drug-likeness (QED) is 0.832. The molecule has 0 aromatic heterocycles. The molecule has 0 fully saturated rings. The van der Waals surface area contributed by atoms with Crippen LogP contribution in [0.15, 0.2) is 42.5 Å². The zero-order valence-corrected chi connectivity index (χ0v) is 13.6. The van der Waals surface area contributed by atoms with Gasteiger partial charge >= 0.3 is 0 Å². The van der Waals surface area contributed by atoms with Crippen LogP contribution in [0.3, 0.4) is 0 Å². The highest BCUT2D eigenvalue weighted by atomic mass is 35.5. The Kier molecular flexibility index (Phi) is 5.66. The van der Waals surface area contributed by atoms with Crippen molar-refractivity contribution in [2.45, 2.75) is 26.3 Å². The van der Waals surface area contributed by atoms with Gasteiger partial charge in [-0.05, 0) is 43.1 Å². The van der Waals surface area contributed by atoms with Crippen LogP contribution < -0.4 is 10.1 Å². The molecule has 0 bridgehead atoms.